The van der Waals surface area contributed by atoms with Gasteiger partial charge in [-0.15, -0.1) is 0 Å². The van der Waals surface area contributed by atoms with Crippen LogP contribution in [0, 0.1) is 0 Å². The fourth-order valence-electron chi connectivity index (χ4n) is 5.66. The van der Waals surface area contributed by atoms with Crippen molar-refractivity contribution in [3.05, 3.63) is 40.8 Å². The Balaban J connectivity index is 1.35. The summed E-state index contributed by atoms with van der Waals surface area (Å²) in [6.07, 6.45) is 0.303. The molecule has 1 N–H and O–H groups in total. The summed E-state index contributed by atoms with van der Waals surface area (Å²) in [6, 6.07) is 4.68. The number of aromatic nitrogens is 2. The van der Waals surface area contributed by atoms with Crippen molar-refractivity contribution in [3.63, 3.8) is 0 Å². The highest BCUT2D eigenvalue weighted by Crippen LogP contribution is 2.34. The summed E-state index contributed by atoms with van der Waals surface area (Å²) in [7, 11) is 1.62. The topological polar surface area (TPSA) is 109 Å². The highest BCUT2D eigenvalue weighted by molar-refractivity contribution is 6.00. The fourth-order valence-corrected chi connectivity index (χ4v) is 5.66. The summed E-state index contributed by atoms with van der Waals surface area (Å²) in [5.41, 5.74) is 0.830. The van der Waals surface area contributed by atoms with E-state index in [1.807, 2.05) is 17.0 Å². The van der Waals surface area contributed by atoms with E-state index >= 15 is 8.78 Å². The van der Waals surface area contributed by atoms with Crippen LogP contribution in [0.3, 0.4) is 0 Å². The third kappa shape index (κ3) is 5.09. The third-order valence-corrected chi connectivity index (χ3v) is 7.53. The molecule has 3 aliphatic rings. The predicted octanol–water partition coefficient (Wildman–Crippen LogP) is 2.21. The number of halogens is 2. The van der Waals surface area contributed by atoms with Gasteiger partial charge < -0.3 is 9.64 Å². The maximum atomic E-state index is 15.1. The molecule has 5 rings (SSSR count). The second kappa shape index (κ2) is 10.0. The molecular formula is C27H34F2N6O5. The highest BCUT2D eigenvalue weighted by atomic mass is 19.3. The number of benzene rings is 1. The largest absolute Gasteiger partial charge is 0.444 e. The van der Waals surface area contributed by atoms with Crippen molar-refractivity contribution in [2.24, 2.45) is 7.05 Å². The molecule has 3 amide bonds. The monoisotopic (exact) mass is 560 g/mol. The van der Waals surface area contributed by atoms with Gasteiger partial charge in [-0.05, 0) is 51.5 Å². The number of imidazole rings is 1. The number of hydrogen-bond donors (Lipinski definition) is 1. The molecule has 11 nitrogen and oxygen atoms in total. The lowest BCUT2D eigenvalue weighted by atomic mass is 10.1. The van der Waals surface area contributed by atoms with E-state index in [1.165, 1.54) is 15.2 Å². The van der Waals surface area contributed by atoms with E-state index in [9.17, 15) is 19.2 Å². The van der Waals surface area contributed by atoms with Gasteiger partial charge in [-0.3, -0.25) is 33.8 Å². The first-order valence-corrected chi connectivity index (χ1v) is 13.4. The molecule has 0 bridgehead atoms. The smallest absolute Gasteiger partial charge is 0.412 e. The van der Waals surface area contributed by atoms with E-state index in [-0.39, 0.29) is 44.1 Å². The number of nitrogens with one attached hydrogen (secondary N) is 1. The Kier molecular flexibility index (Phi) is 6.97. The van der Waals surface area contributed by atoms with Crippen molar-refractivity contribution in [1.29, 1.82) is 0 Å². The van der Waals surface area contributed by atoms with Crippen molar-refractivity contribution in [1.82, 2.24) is 24.3 Å². The average molecular weight is 561 g/mol. The van der Waals surface area contributed by atoms with E-state index in [0.717, 1.165) is 16.7 Å². The number of hydrogen-bond acceptors (Lipinski definition) is 7. The molecule has 216 valence electrons. The first-order chi connectivity index (χ1) is 18.8. The molecule has 3 aliphatic heterocycles. The summed E-state index contributed by atoms with van der Waals surface area (Å²) in [4.78, 5) is 54.7. The molecule has 0 aliphatic carbocycles. The average Bonchev–Trinajstić information content (AvgIpc) is 3.12. The normalized spacial score (nSPS) is 23.9. The molecule has 1 aromatic heterocycles. The van der Waals surface area contributed by atoms with Gasteiger partial charge in [-0.1, -0.05) is 6.08 Å². The summed E-state index contributed by atoms with van der Waals surface area (Å²) < 4.78 is 38.5. The number of piperazine rings is 1. The molecule has 2 atom stereocenters. The Hall–Kier alpha value is -3.74. The summed E-state index contributed by atoms with van der Waals surface area (Å²) in [5.74, 6) is -4.10. The van der Waals surface area contributed by atoms with Crippen molar-refractivity contribution in [3.8, 4) is 0 Å². The van der Waals surface area contributed by atoms with Gasteiger partial charge in [0.05, 0.1) is 11.0 Å². The molecule has 40 heavy (non-hydrogen) atoms. The predicted molar refractivity (Wildman–Crippen MR) is 143 cm³/mol. The van der Waals surface area contributed by atoms with E-state index in [1.54, 1.807) is 38.8 Å². The quantitative estimate of drug-likeness (QED) is 0.453. The minimum atomic E-state index is -3.24. The van der Waals surface area contributed by atoms with Gasteiger partial charge in [0.1, 0.15) is 11.6 Å². The lowest BCUT2D eigenvalue weighted by molar-refractivity contribution is -0.135. The number of fused-ring (bicyclic) bond motifs is 1. The number of ether oxygens (including phenoxy) is 1. The van der Waals surface area contributed by atoms with Crippen molar-refractivity contribution in [2.75, 3.05) is 37.6 Å². The van der Waals surface area contributed by atoms with Gasteiger partial charge >= 0.3 is 11.8 Å². The first kappa shape index (κ1) is 27.8. The zero-order chi connectivity index (χ0) is 29.0. The molecule has 0 spiro atoms. The molecule has 2 saturated heterocycles. The minimum Gasteiger partial charge on any atom is -0.444 e. The molecular weight excluding hydrogens is 526 g/mol. The van der Waals surface area contributed by atoms with E-state index in [4.69, 9.17) is 4.74 Å². The third-order valence-electron chi connectivity index (χ3n) is 7.53. The van der Waals surface area contributed by atoms with Gasteiger partial charge in [-0.25, -0.2) is 9.59 Å². The van der Waals surface area contributed by atoms with Crippen LogP contribution in [0.25, 0.3) is 11.0 Å². The van der Waals surface area contributed by atoms with Crippen LogP contribution < -0.4 is 15.9 Å². The van der Waals surface area contributed by atoms with E-state index in [2.05, 4.69) is 5.32 Å². The number of imide groups is 1. The number of rotatable bonds is 3. The fraction of sp³-hybridized carbons (Fsp3) is 0.556. The maximum Gasteiger partial charge on any atom is 0.412 e. The SMILES string of the molecule is Cn1c(=O)n(C2CCC(=O)NC2=O)c2ccc(N3CCN(C4N(C(=O)OC(C)(C)C)CC=CC4(F)F)CC3)cc21. The number of piperidine rings is 1. The number of carbonyl (C=O) groups is 3. The number of nitrogens with zero attached hydrogens (tertiary/aromatic N) is 5. The van der Waals surface area contributed by atoms with Crippen LogP contribution in [0.1, 0.15) is 39.7 Å². The Morgan fingerprint density at radius 3 is 2.42 bits per heavy atom. The number of anilines is 1. The number of aryl methyl sites for hydroxylation is 1. The number of amides is 3. The molecule has 0 radical (unpaired) electrons. The highest BCUT2D eigenvalue weighted by Gasteiger charge is 2.50. The van der Waals surface area contributed by atoms with Gasteiger partial charge in [0, 0.05) is 51.9 Å². The van der Waals surface area contributed by atoms with Gasteiger partial charge in [-0.2, -0.15) is 8.78 Å². The van der Waals surface area contributed by atoms with E-state index in [0.29, 0.717) is 24.1 Å². The Labute approximate surface area is 229 Å². The molecule has 2 unspecified atom stereocenters. The van der Waals surface area contributed by atoms with Crippen LogP contribution in [-0.4, -0.2) is 87.3 Å². The Morgan fingerprint density at radius 1 is 1.07 bits per heavy atom. The molecule has 1 aromatic carbocycles. The summed E-state index contributed by atoms with van der Waals surface area (Å²) in [6.45, 7) is 6.53. The van der Waals surface area contributed by atoms with Crippen molar-refractivity contribution < 1.29 is 27.9 Å². The van der Waals surface area contributed by atoms with Crippen LogP contribution in [0.2, 0.25) is 0 Å². The second-order valence-corrected chi connectivity index (χ2v) is 11.5. The zero-order valence-electron chi connectivity index (χ0n) is 23.0. The first-order valence-electron chi connectivity index (χ1n) is 13.4. The maximum absolute atomic E-state index is 15.1. The Bertz CT molecular complexity index is 1430. The zero-order valence-corrected chi connectivity index (χ0v) is 23.0. The minimum absolute atomic E-state index is 0.0320. The molecule has 0 saturated carbocycles. The molecule has 2 fully saturated rings. The van der Waals surface area contributed by atoms with Crippen LogP contribution in [0.15, 0.2) is 35.1 Å². The van der Waals surface area contributed by atoms with Crippen LogP contribution in [-0.2, 0) is 21.4 Å². The van der Waals surface area contributed by atoms with Crippen LogP contribution >= 0.6 is 0 Å². The van der Waals surface area contributed by atoms with Crippen molar-refractivity contribution >= 4 is 34.6 Å². The lowest BCUT2D eigenvalue weighted by Crippen LogP contribution is -2.65. The molecule has 13 heteroatoms. The summed E-state index contributed by atoms with van der Waals surface area (Å²) in [5, 5.41) is 2.30. The molecule has 2 aromatic rings. The van der Waals surface area contributed by atoms with E-state index < -0.39 is 35.7 Å². The second-order valence-electron chi connectivity index (χ2n) is 11.5. The summed E-state index contributed by atoms with van der Waals surface area (Å²) >= 11 is 0. The van der Waals surface area contributed by atoms with Gasteiger partial charge in [0.25, 0.3) is 5.92 Å². The van der Waals surface area contributed by atoms with Crippen molar-refractivity contribution in [2.45, 2.75) is 57.3 Å². The Morgan fingerprint density at radius 2 is 1.77 bits per heavy atom. The van der Waals surface area contributed by atoms with Gasteiger partial charge in [0.2, 0.25) is 11.8 Å². The van der Waals surface area contributed by atoms with Crippen LogP contribution in [0.5, 0.6) is 0 Å². The van der Waals surface area contributed by atoms with Gasteiger partial charge in [0.15, 0.2) is 6.17 Å². The van der Waals surface area contributed by atoms with Crippen LogP contribution in [0.4, 0.5) is 19.3 Å². The number of alkyl halides is 2. The standard InChI is InChI=1S/C27H34F2N6O5/c1-26(2,3)40-25(39)34-11-5-10-27(28,29)23(34)33-14-12-32(13-15-33)17-6-7-18-20(16-17)31(4)24(38)35(18)19-8-9-21(36)30-22(19)37/h5-7,10,16,19,23H,8-9,11-15H2,1-4H3,(H,30,36,37). The lowest BCUT2D eigenvalue weighted by Gasteiger charge is -2.47. The number of carbonyl (C=O) groups excluding carboxylic acids is 3. The molecule has 4 heterocycles.